The zero-order valence-corrected chi connectivity index (χ0v) is 24.3. The van der Waals surface area contributed by atoms with Crippen molar-refractivity contribution in [1.82, 2.24) is 9.55 Å². The van der Waals surface area contributed by atoms with Gasteiger partial charge in [-0.15, -0.1) is 0 Å². The van der Waals surface area contributed by atoms with Gasteiger partial charge in [0.2, 0.25) is 5.91 Å². The molecule has 0 spiro atoms. The van der Waals surface area contributed by atoms with E-state index in [2.05, 4.69) is 24.5 Å². The molecule has 0 bridgehead atoms. The summed E-state index contributed by atoms with van der Waals surface area (Å²) in [6.45, 7) is 4.23. The van der Waals surface area contributed by atoms with Gasteiger partial charge in [0.05, 0.1) is 35.1 Å². The lowest BCUT2D eigenvalue weighted by Crippen LogP contribution is -2.23. The van der Waals surface area contributed by atoms with E-state index in [1.54, 1.807) is 60.2 Å². The molecule has 2 amide bonds. The van der Waals surface area contributed by atoms with Crippen LogP contribution >= 0.6 is 11.8 Å². The Morgan fingerprint density at radius 2 is 1.57 bits per heavy atom. The third-order valence-electron chi connectivity index (χ3n) is 6.68. The number of carbonyl (C=O) groups excluding carboxylic acids is 2. The van der Waals surface area contributed by atoms with Crippen molar-refractivity contribution in [3.63, 3.8) is 0 Å². The summed E-state index contributed by atoms with van der Waals surface area (Å²) in [5, 5.41) is 6.62. The van der Waals surface area contributed by atoms with Crippen molar-refractivity contribution in [2.75, 3.05) is 23.5 Å². The average Bonchev–Trinajstić information content (AvgIpc) is 3.01. The number of hydrogen-bond acceptors (Lipinski definition) is 6. The largest absolute Gasteiger partial charge is 0.495 e. The number of thioether (sulfide) groups is 1. The molecule has 0 saturated carbocycles. The van der Waals surface area contributed by atoms with Crippen molar-refractivity contribution in [3.8, 4) is 11.4 Å². The fourth-order valence-electron chi connectivity index (χ4n) is 4.42. The first-order chi connectivity index (χ1) is 20.3. The zero-order valence-electron chi connectivity index (χ0n) is 23.5. The van der Waals surface area contributed by atoms with Gasteiger partial charge in [-0.3, -0.25) is 19.0 Å². The molecule has 5 aromatic rings. The molecule has 2 N–H and O–H groups in total. The van der Waals surface area contributed by atoms with Gasteiger partial charge in [0.25, 0.3) is 11.5 Å². The van der Waals surface area contributed by atoms with E-state index in [1.807, 2.05) is 48.5 Å². The van der Waals surface area contributed by atoms with Gasteiger partial charge in [-0.1, -0.05) is 62.0 Å². The second kappa shape index (κ2) is 12.7. The van der Waals surface area contributed by atoms with Crippen molar-refractivity contribution in [3.05, 3.63) is 119 Å². The number of para-hydroxylation sites is 3. The second-order valence-corrected chi connectivity index (χ2v) is 10.8. The number of methoxy groups -OCH3 is 1. The number of amides is 2. The number of ether oxygens (including phenoxy) is 1. The molecule has 1 heterocycles. The Kier molecular flexibility index (Phi) is 8.68. The predicted molar refractivity (Wildman–Crippen MR) is 168 cm³/mol. The van der Waals surface area contributed by atoms with E-state index in [0.717, 1.165) is 5.56 Å². The lowest BCUT2D eigenvalue weighted by Gasteiger charge is -2.14. The normalized spacial score (nSPS) is 11.0. The Balaban J connectivity index is 1.30. The molecular formula is C33H30N4O4S. The maximum atomic E-state index is 13.5. The van der Waals surface area contributed by atoms with E-state index in [0.29, 0.717) is 50.4 Å². The van der Waals surface area contributed by atoms with Crippen LogP contribution in [0.3, 0.4) is 0 Å². The smallest absolute Gasteiger partial charge is 0.266 e. The van der Waals surface area contributed by atoms with Gasteiger partial charge in [-0.2, -0.15) is 0 Å². The molecule has 5 rings (SSSR count). The van der Waals surface area contributed by atoms with E-state index in [1.165, 1.54) is 11.8 Å². The first-order valence-corrected chi connectivity index (χ1v) is 14.4. The van der Waals surface area contributed by atoms with Crippen molar-refractivity contribution < 1.29 is 14.3 Å². The maximum absolute atomic E-state index is 13.5. The molecule has 9 heteroatoms. The number of rotatable bonds is 9. The average molecular weight is 579 g/mol. The van der Waals surface area contributed by atoms with Crippen LogP contribution in [0.25, 0.3) is 16.6 Å². The van der Waals surface area contributed by atoms with Crippen molar-refractivity contribution in [1.29, 1.82) is 0 Å². The second-order valence-electron chi connectivity index (χ2n) is 9.87. The summed E-state index contributed by atoms with van der Waals surface area (Å²) < 4.78 is 6.84. The summed E-state index contributed by atoms with van der Waals surface area (Å²) >= 11 is 1.19. The number of carbonyl (C=O) groups is 2. The highest BCUT2D eigenvalue weighted by molar-refractivity contribution is 7.99. The summed E-state index contributed by atoms with van der Waals surface area (Å²) in [6, 6.07) is 28.8. The van der Waals surface area contributed by atoms with Crippen LogP contribution in [0.5, 0.6) is 5.75 Å². The van der Waals surface area contributed by atoms with Gasteiger partial charge in [-0.25, -0.2) is 4.98 Å². The van der Waals surface area contributed by atoms with Gasteiger partial charge in [0.1, 0.15) is 5.75 Å². The molecule has 4 aromatic carbocycles. The topological polar surface area (TPSA) is 102 Å². The van der Waals surface area contributed by atoms with Gasteiger partial charge < -0.3 is 15.4 Å². The fraction of sp³-hybridized carbons (Fsp3) is 0.152. The Labute approximate surface area is 247 Å². The van der Waals surface area contributed by atoms with E-state index in [-0.39, 0.29) is 23.1 Å². The van der Waals surface area contributed by atoms with E-state index in [9.17, 15) is 14.4 Å². The number of nitrogens with zero attached hydrogens (tertiary/aromatic N) is 2. The molecule has 0 atom stereocenters. The molecule has 0 aliphatic carbocycles. The van der Waals surface area contributed by atoms with E-state index in [4.69, 9.17) is 9.72 Å². The highest BCUT2D eigenvalue weighted by Crippen LogP contribution is 2.25. The summed E-state index contributed by atoms with van der Waals surface area (Å²) in [6.07, 6.45) is 0. The molecule has 1 aromatic heterocycles. The molecule has 0 saturated heterocycles. The molecule has 0 aliphatic rings. The highest BCUT2D eigenvalue weighted by atomic mass is 32.2. The third kappa shape index (κ3) is 6.37. The summed E-state index contributed by atoms with van der Waals surface area (Å²) in [5.41, 5.74) is 3.77. The van der Waals surface area contributed by atoms with Crippen LogP contribution in [0.2, 0.25) is 0 Å². The standard InChI is InChI=1S/C33H30N4O4S/c1-21(2)22-14-18-25(19-15-22)37-32(40)26-8-4-5-9-27(26)36-33(37)42-20-30(38)34-24-16-12-23(13-17-24)31(39)35-28-10-6-7-11-29(28)41-3/h4-19,21H,20H2,1-3H3,(H,34,38)(H,35,39). The van der Waals surface area contributed by atoms with Crippen LogP contribution in [-0.2, 0) is 4.79 Å². The van der Waals surface area contributed by atoms with Gasteiger partial charge in [0.15, 0.2) is 5.16 Å². The van der Waals surface area contributed by atoms with Crippen molar-refractivity contribution >= 4 is 45.9 Å². The first-order valence-electron chi connectivity index (χ1n) is 13.4. The fourth-order valence-corrected chi connectivity index (χ4v) is 5.23. The zero-order chi connectivity index (χ0) is 29.6. The van der Waals surface area contributed by atoms with Gasteiger partial charge >= 0.3 is 0 Å². The van der Waals surface area contributed by atoms with Crippen molar-refractivity contribution in [2.45, 2.75) is 24.9 Å². The molecule has 0 radical (unpaired) electrons. The molecule has 0 fully saturated rings. The minimum Gasteiger partial charge on any atom is -0.495 e. The molecular weight excluding hydrogens is 548 g/mol. The van der Waals surface area contributed by atoms with Crippen LogP contribution < -0.4 is 20.9 Å². The quantitative estimate of drug-likeness (QED) is 0.153. The van der Waals surface area contributed by atoms with Crippen LogP contribution in [0.4, 0.5) is 11.4 Å². The number of hydrogen-bond donors (Lipinski definition) is 2. The number of aromatic nitrogens is 2. The number of benzene rings is 4. The van der Waals surface area contributed by atoms with E-state index < -0.39 is 0 Å². The Morgan fingerprint density at radius 3 is 2.29 bits per heavy atom. The summed E-state index contributed by atoms with van der Waals surface area (Å²) in [4.78, 5) is 43.8. The Bertz CT molecular complexity index is 1800. The summed E-state index contributed by atoms with van der Waals surface area (Å²) in [7, 11) is 1.54. The Morgan fingerprint density at radius 1 is 0.881 bits per heavy atom. The van der Waals surface area contributed by atoms with Crippen LogP contribution in [0.1, 0.15) is 35.7 Å². The SMILES string of the molecule is COc1ccccc1NC(=O)c1ccc(NC(=O)CSc2nc3ccccc3c(=O)n2-c2ccc(C(C)C)cc2)cc1. The summed E-state index contributed by atoms with van der Waals surface area (Å²) in [5.74, 6) is 0.389. The van der Waals surface area contributed by atoms with E-state index >= 15 is 0 Å². The predicted octanol–water partition coefficient (Wildman–Crippen LogP) is 6.50. The van der Waals surface area contributed by atoms with Gasteiger partial charge in [-0.05, 0) is 72.1 Å². The molecule has 42 heavy (non-hydrogen) atoms. The minimum absolute atomic E-state index is 0.0326. The van der Waals surface area contributed by atoms with Crippen LogP contribution in [0.15, 0.2) is 107 Å². The molecule has 212 valence electrons. The third-order valence-corrected chi connectivity index (χ3v) is 7.62. The highest BCUT2D eigenvalue weighted by Gasteiger charge is 2.16. The number of nitrogens with one attached hydrogen (secondary N) is 2. The van der Waals surface area contributed by atoms with Crippen LogP contribution in [-0.4, -0.2) is 34.2 Å². The maximum Gasteiger partial charge on any atom is 0.266 e. The van der Waals surface area contributed by atoms with Crippen molar-refractivity contribution in [2.24, 2.45) is 0 Å². The van der Waals surface area contributed by atoms with Crippen LogP contribution in [0, 0.1) is 0 Å². The molecule has 0 aliphatic heterocycles. The molecule has 8 nitrogen and oxygen atoms in total. The number of fused-ring (bicyclic) bond motifs is 1. The first kappa shape index (κ1) is 28.6. The Hall–Kier alpha value is -4.89. The molecule has 0 unspecified atom stereocenters. The lowest BCUT2D eigenvalue weighted by molar-refractivity contribution is -0.113. The minimum atomic E-state index is -0.297. The number of anilines is 2. The lowest BCUT2D eigenvalue weighted by atomic mass is 10.0. The monoisotopic (exact) mass is 578 g/mol. The van der Waals surface area contributed by atoms with Gasteiger partial charge in [0, 0.05) is 11.3 Å².